The molecular weight excluding hydrogens is 516 g/mol. The van der Waals surface area contributed by atoms with Crippen molar-refractivity contribution >= 4 is 46.2 Å². The Kier molecular flexibility index (Phi) is 7.03. The normalized spacial score (nSPS) is 27.2. The Morgan fingerprint density at radius 3 is 2.67 bits per heavy atom. The maximum atomic E-state index is 14.0. The molecular formula is C28H32N6O4S. The third-order valence-electron chi connectivity index (χ3n) is 8.27. The van der Waals surface area contributed by atoms with Crippen LogP contribution in [0.4, 0.5) is 5.69 Å². The zero-order valence-corrected chi connectivity index (χ0v) is 22.3. The maximum absolute atomic E-state index is 14.0. The molecule has 2 aromatic carbocycles. The van der Waals surface area contributed by atoms with Gasteiger partial charge in [0.2, 0.25) is 17.7 Å². The number of nitrogens with one attached hydrogen (secondary N) is 2. The van der Waals surface area contributed by atoms with E-state index in [1.165, 1.54) is 0 Å². The summed E-state index contributed by atoms with van der Waals surface area (Å²) >= 11 is 1.65. The molecule has 0 radical (unpaired) electrons. The van der Waals surface area contributed by atoms with E-state index < -0.39 is 22.6 Å². The van der Waals surface area contributed by atoms with Gasteiger partial charge in [-0.2, -0.15) is 0 Å². The largest absolute Gasteiger partial charge is 0.396 e. The van der Waals surface area contributed by atoms with Gasteiger partial charge in [0.1, 0.15) is 18.2 Å². The van der Waals surface area contributed by atoms with E-state index in [0.717, 1.165) is 23.9 Å². The van der Waals surface area contributed by atoms with Gasteiger partial charge in [-0.3, -0.25) is 14.4 Å². The minimum Gasteiger partial charge on any atom is -0.396 e. The Bertz CT molecular complexity index is 1380. The molecule has 3 amide bonds. The first kappa shape index (κ1) is 25.8. The molecule has 3 fully saturated rings. The first-order valence-corrected chi connectivity index (χ1v) is 14.4. The number of para-hydroxylation sites is 2. The second-order valence-electron chi connectivity index (χ2n) is 10.5. The summed E-state index contributed by atoms with van der Waals surface area (Å²) in [7, 11) is 0. The monoisotopic (exact) mass is 548 g/mol. The Morgan fingerprint density at radius 2 is 1.85 bits per heavy atom. The number of rotatable bonds is 10. The minimum atomic E-state index is -0.677. The average Bonchev–Trinajstić information content (AvgIpc) is 3.70. The van der Waals surface area contributed by atoms with Crippen LogP contribution >= 0.6 is 11.8 Å². The number of aromatic nitrogens is 3. The number of amides is 3. The molecule has 3 saturated heterocycles. The van der Waals surface area contributed by atoms with Gasteiger partial charge >= 0.3 is 0 Å². The molecule has 3 aromatic rings. The van der Waals surface area contributed by atoms with E-state index in [1.54, 1.807) is 21.3 Å². The Hall–Kier alpha value is -3.44. The number of aliphatic hydroxyl groups is 1. The Morgan fingerprint density at radius 1 is 1.05 bits per heavy atom. The maximum Gasteiger partial charge on any atom is 0.245 e. The number of hydrogen-bond donors (Lipinski definition) is 3. The molecule has 2 unspecified atom stereocenters. The van der Waals surface area contributed by atoms with Gasteiger partial charge in [0.25, 0.3) is 0 Å². The van der Waals surface area contributed by atoms with E-state index in [0.29, 0.717) is 31.5 Å². The number of hydrogen-bond acceptors (Lipinski definition) is 7. The van der Waals surface area contributed by atoms with Crippen molar-refractivity contribution < 1.29 is 19.5 Å². The number of nitrogens with zero attached hydrogens (tertiary/aromatic N) is 4. The lowest BCUT2D eigenvalue weighted by Crippen LogP contribution is -2.53. The molecule has 1 aromatic heterocycles. The Balaban J connectivity index is 1.26. The highest BCUT2D eigenvalue weighted by Gasteiger charge is 2.73. The van der Waals surface area contributed by atoms with Crippen LogP contribution in [0, 0.1) is 11.8 Å². The van der Waals surface area contributed by atoms with E-state index in [2.05, 4.69) is 20.9 Å². The van der Waals surface area contributed by atoms with Gasteiger partial charge in [0.15, 0.2) is 0 Å². The SMILES string of the molecule is O=C(NCn1nnc2ccccc21)C1N(CCCCCO)C(=O)[C@@H]2[C@@H](C(=O)Nc3ccccc3)[C@H]3CCC12S3. The van der Waals surface area contributed by atoms with E-state index in [9.17, 15) is 19.5 Å². The van der Waals surface area contributed by atoms with Gasteiger partial charge in [-0.25, -0.2) is 4.68 Å². The van der Waals surface area contributed by atoms with Crippen molar-refractivity contribution in [1.29, 1.82) is 0 Å². The number of thioether (sulfide) groups is 1. The van der Waals surface area contributed by atoms with E-state index >= 15 is 0 Å². The van der Waals surface area contributed by atoms with Gasteiger partial charge in [0, 0.05) is 24.1 Å². The summed E-state index contributed by atoms with van der Waals surface area (Å²) in [6.07, 6.45) is 3.58. The third-order valence-corrected chi connectivity index (χ3v) is 10.2. The molecule has 6 rings (SSSR count). The van der Waals surface area contributed by atoms with Crippen molar-refractivity contribution in [3.05, 3.63) is 54.6 Å². The highest BCUT2D eigenvalue weighted by Crippen LogP contribution is 2.66. The number of unbranched alkanes of at least 4 members (excludes halogenated alkanes) is 2. The number of carbonyl (C=O) groups is 3. The summed E-state index contributed by atoms with van der Waals surface area (Å²) < 4.78 is 0.992. The number of anilines is 1. The summed E-state index contributed by atoms with van der Waals surface area (Å²) in [6.45, 7) is 0.643. The van der Waals surface area contributed by atoms with E-state index in [1.807, 2.05) is 54.6 Å². The summed E-state index contributed by atoms with van der Waals surface area (Å²) in [5.74, 6) is -1.55. The van der Waals surface area contributed by atoms with Crippen LogP contribution in [0.3, 0.4) is 0 Å². The molecule has 10 nitrogen and oxygen atoms in total. The third kappa shape index (κ3) is 4.47. The number of benzene rings is 2. The molecule has 1 spiro atoms. The minimum absolute atomic E-state index is 0.00578. The van der Waals surface area contributed by atoms with Crippen LogP contribution in [-0.2, 0) is 21.1 Å². The summed E-state index contributed by atoms with van der Waals surface area (Å²) in [5, 5.41) is 23.6. The molecule has 3 N–H and O–H groups in total. The van der Waals surface area contributed by atoms with E-state index in [-0.39, 0.29) is 36.2 Å². The second kappa shape index (κ2) is 10.6. The molecule has 4 heterocycles. The van der Waals surface area contributed by atoms with Crippen LogP contribution < -0.4 is 10.6 Å². The lowest BCUT2D eigenvalue weighted by atomic mass is 9.70. The van der Waals surface area contributed by atoms with Crippen molar-refractivity contribution in [3.8, 4) is 0 Å². The predicted octanol–water partition coefficient (Wildman–Crippen LogP) is 2.40. The standard InChI is InChI=1S/C28H32N6O4S/c35-16-8-2-7-15-33-24(26(37)29-17-34-20-12-6-5-11-19(20)31-32-34)28-14-13-21(39-28)22(23(28)27(33)38)25(36)30-18-9-3-1-4-10-18/h1,3-6,9-12,21-24,35H,2,7-8,13-17H2,(H,29,37)(H,30,36)/t21-,22+,23+,24?,28?/m1/s1. The van der Waals surface area contributed by atoms with Gasteiger partial charge < -0.3 is 20.6 Å². The van der Waals surface area contributed by atoms with Crippen LogP contribution in [0.2, 0.25) is 0 Å². The zero-order valence-electron chi connectivity index (χ0n) is 21.5. The van der Waals surface area contributed by atoms with Gasteiger partial charge in [-0.05, 0) is 56.4 Å². The second-order valence-corrected chi connectivity index (χ2v) is 12.1. The van der Waals surface area contributed by atoms with Crippen molar-refractivity contribution in [1.82, 2.24) is 25.2 Å². The summed E-state index contributed by atoms with van der Waals surface area (Å²) in [4.78, 5) is 43.1. The molecule has 5 atom stereocenters. The predicted molar refractivity (Wildman–Crippen MR) is 148 cm³/mol. The molecule has 2 bridgehead atoms. The van der Waals surface area contributed by atoms with E-state index in [4.69, 9.17) is 0 Å². The van der Waals surface area contributed by atoms with Crippen LogP contribution in [0.15, 0.2) is 54.6 Å². The Labute approximate surface area is 230 Å². The molecule has 204 valence electrons. The highest BCUT2D eigenvalue weighted by molar-refractivity contribution is 8.02. The van der Waals surface area contributed by atoms with Gasteiger partial charge in [-0.1, -0.05) is 35.5 Å². The quantitative estimate of drug-likeness (QED) is 0.332. The highest BCUT2D eigenvalue weighted by atomic mass is 32.2. The fourth-order valence-electron chi connectivity index (χ4n) is 6.60. The van der Waals surface area contributed by atoms with Crippen LogP contribution in [0.5, 0.6) is 0 Å². The molecule has 3 aliphatic rings. The first-order valence-electron chi connectivity index (χ1n) is 13.5. The van der Waals surface area contributed by atoms with Gasteiger partial charge in [0.05, 0.1) is 22.1 Å². The van der Waals surface area contributed by atoms with Crippen LogP contribution in [0.25, 0.3) is 11.0 Å². The smallest absolute Gasteiger partial charge is 0.245 e. The molecule has 0 saturated carbocycles. The topological polar surface area (TPSA) is 129 Å². The molecule has 39 heavy (non-hydrogen) atoms. The van der Waals surface area contributed by atoms with Crippen molar-refractivity contribution in [2.75, 3.05) is 18.5 Å². The average molecular weight is 549 g/mol. The number of aliphatic hydroxyl groups excluding tert-OH is 1. The van der Waals surface area contributed by atoms with Crippen LogP contribution in [0.1, 0.15) is 32.1 Å². The summed E-state index contributed by atoms with van der Waals surface area (Å²) in [6, 6.07) is 16.1. The van der Waals surface area contributed by atoms with Crippen molar-refractivity contribution in [2.45, 2.75) is 54.8 Å². The molecule has 11 heteroatoms. The fraction of sp³-hybridized carbons (Fsp3) is 0.464. The lowest BCUT2D eigenvalue weighted by Gasteiger charge is -2.34. The van der Waals surface area contributed by atoms with Gasteiger partial charge in [-0.15, -0.1) is 16.9 Å². The fourth-order valence-corrected chi connectivity index (χ4v) is 8.82. The molecule has 0 aliphatic carbocycles. The number of likely N-dealkylation sites (tertiary alicyclic amines) is 1. The van der Waals surface area contributed by atoms with Crippen molar-refractivity contribution in [2.24, 2.45) is 11.8 Å². The van der Waals surface area contributed by atoms with Crippen LogP contribution in [-0.4, -0.2) is 71.9 Å². The number of carbonyl (C=O) groups excluding carboxylic acids is 3. The zero-order chi connectivity index (χ0) is 27.0. The number of fused-ring (bicyclic) bond motifs is 2. The summed E-state index contributed by atoms with van der Waals surface area (Å²) in [5.41, 5.74) is 2.25. The molecule has 3 aliphatic heterocycles. The first-order chi connectivity index (χ1) is 19.0. The lowest BCUT2D eigenvalue weighted by molar-refractivity contribution is -0.139. The van der Waals surface area contributed by atoms with Crippen molar-refractivity contribution in [3.63, 3.8) is 0 Å².